The highest BCUT2D eigenvalue weighted by molar-refractivity contribution is 4.70. The van der Waals surface area contributed by atoms with Gasteiger partial charge in [-0.15, -0.1) is 6.58 Å². The van der Waals surface area contributed by atoms with Gasteiger partial charge >= 0.3 is 0 Å². The van der Waals surface area contributed by atoms with Crippen molar-refractivity contribution in [3.05, 3.63) is 12.7 Å². The van der Waals surface area contributed by atoms with Crippen molar-refractivity contribution in [3.63, 3.8) is 0 Å². The van der Waals surface area contributed by atoms with Crippen LogP contribution in [0.4, 0.5) is 0 Å². The molecule has 1 nitrogen and oxygen atoms in total. The summed E-state index contributed by atoms with van der Waals surface area (Å²) in [5, 5.41) is 0. The van der Waals surface area contributed by atoms with Gasteiger partial charge in [0.1, 0.15) is 0 Å². The maximum atomic E-state index is 5.45. The summed E-state index contributed by atoms with van der Waals surface area (Å²) in [4.78, 5) is 0. The molecule has 0 bridgehead atoms. The van der Waals surface area contributed by atoms with Gasteiger partial charge in [0.2, 0.25) is 0 Å². The van der Waals surface area contributed by atoms with Gasteiger partial charge in [-0.2, -0.15) is 0 Å². The SMILES string of the molecule is C=CCC(C)OCCCC. The maximum Gasteiger partial charge on any atom is 0.0581 e. The van der Waals surface area contributed by atoms with Crippen molar-refractivity contribution in [3.8, 4) is 0 Å². The van der Waals surface area contributed by atoms with E-state index in [0.29, 0.717) is 6.10 Å². The van der Waals surface area contributed by atoms with Crippen LogP contribution in [0.2, 0.25) is 0 Å². The van der Waals surface area contributed by atoms with E-state index in [1.807, 2.05) is 6.08 Å². The molecule has 0 saturated carbocycles. The van der Waals surface area contributed by atoms with Crippen molar-refractivity contribution in [2.45, 2.75) is 39.2 Å². The van der Waals surface area contributed by atoms with Crippen molar-refractivity contribution >= 4 is 0 Å². The van der Waals surface area contributed by atoms with Crippen LogP contribution in [0.3, 0.4) is 0 Å². The lowest BCUT2D eigenvalue weighted by atomic mass is 10.3. The molecule has 1 unspecified atom stereocenters. The minimum atomic E-state index is 0.351. The number of unbranched alkanes of at least 4 members (excludes halogenated alkanes) is 1. The first-order valence-electron chi connectivity index (χ1n) is 4.03. The van der Waals surface area contributed by atoms with Crippen LogP contribution in [-0.2, 0) is 4.74 Å². The largest absolute Gasteiger partial charge is 0.378 e. The molecular formula is C9H18O. The summed E-state index contributed by atoms with van der Waals surface area (Å²) >= 11 is 0. The summed E-state index contributed by atoms with van der Waals surface area (Å²) in [5.41, 5.74) is 0. The number of rotatable bonds is 6. The Kier molecular flexibility index (Phi) is 6.61. The minimum absolute atomic E-state index is 0.351. The van der Waals surface area contributed by atoms with Crippen molar-refractivity contribution in [1.82, 2.24) is 0 Å². The molecule has 0 radical (unpaired) electrons. The second-order valence-electron chi connectivity index (χ2n) is 2.56. The molecule has 0 aromatic heterocycles. The molecular weight excluding hydrogens is 124 g/mol. The number of hydrogen-bond donors (Lipinski definition) is 0. The van der Waals surface area contributed by atoms with Crippen LogP contribution in [0.5, 0.6) is 0 Å². The van der Waals surface area contributed by atoms with E-state index in [9.17, 15) is 0 Å². The van der Waals surface area contributed by atoms with E-state index in [1.54, 1.807) is 0 Å². The molecule has 1 atom stereocenters. The molecule has 0 aromatic carbocycles. The zero-order chi connectivity index (χ0) is 7.82. The van der Waals surface area contributed by atoms with E-state index in [-0.39, 0.29) is 0 Å². The fraction of sp³-hybridized carbons (Fsp3) is 0.778. The lowest BCUT2D eigenvalue weighted by Crippen LogP contribution is -2.07. The summed E-state index contributed by atoms with van der Waals surface area (Å²) in [6, 6.07) is 0. The number of ether oxygens (including phenoxy) is 1. The van der Waals surface area contributed by atoms with E-state index in [1.165, 1.54) is 12.8 Å². The Morgan fingerprint density at radius 1 is 1.60 bits per heavy atom. The van der Waals surface area contributed by atoms with Crippen LogP contribution in [0.15, 0.2) is 12.7 Å². The topological polar surface area (TPSA) is 9.23 Å². The molecule has 0 fully saturated rings. The maximum absolute atomic E-state index is 5.45. The summed E-state index contributed by atoms with van der Waals surface area (Å²) in [5.74, 6) is 0. The third kappa shape index (κ3) is 5.83. The van der Waals surface area contributed by atoms with Crippen LogP contribution in [0.25, 0.3) is 0 Å². The van der Waals surface area contributed by atoms with E-state index < -0.39 is 0 Å². The Balaban J connectivity index is 3.04. The van der Waals surface area contributed by atoms with Crippen LogP contribution < -0.4 is 0 Å². The Labute approximate surface area is 64.1 Å². The second kappa shape index (κ2) is 6.81. The molecule has 0 aliphatic heterocycles. The average molecular weight is 142 g/mol. The monoisotopic (exact) mass is 142 g/mol. The Hall–Kier alpha value is -0.300. The van der Waals surface area contributed by atoms with Gasteiger partial charge in [0.05, 0.1) is 6.10 Å². The molecule has 0 rings (SSSR count). The lowest BCUT2D eigenvalue weighted by molar-refractivity contribution is 0.0662. The molecule has 0 aliphatic carbocycles. The minimum Gasteiger partial charge on any atom is -0.378 e. The second-order valence-corrected chi connectivity index (χ2v) is 2.56. The molecule has 0 aromatic rings. The van der Waals surface area contributed by atoms with Gasteiger partial charge < -0.3 is 4.74 Å². The van der Waals surface area contributed by atoms with Crippen LogP contribution in [0, 0.1) is 0 Å². The first-order valence-corrected chi connectivity index (χ1v) is 4.03. The van der Waals surface area contributed by atoms with Crippen LogP contribution in [-0.4, -0.2) is 12.7 Å². The molecule has 0 amide bonds. The lowest BCUT2D eigenvalue weighted by Gasteiger charge is -2.09. The van der Waals surface area contributed by atoms with Gasteiger partial charge in [0.15, 0.2) is 0 Å². The summed E-state index contributed by atoms with van der Waals surface area (Å²) < 4.78 is 5.45. The van der Waals surface area contributed by atoms with Gasteiger partial charge in [0, 0.05) is 6.61 Å². The molecule has 0 aliphatic rings. The predicted molar refractivity (Wildman–Crippen MR) is 45.1 cm³/mol. The highest BCUT2D eigenvalue weighted by Crippen LogP contribution is 1.99. The molecule has 0 heterocycles. The first-order chi connectivity index (χ1) is 4.81. The van der Waals surface area contributed by atoms with Gasteiger partial charge in [-0.05, 0) is 19.8 Å². The zero-order valence-corrected chi connectivity index (χ0v) is 7.10. The standard InChI is InChI=1S/C9H18O/c1-4-6-8-10-9(3)7-5-2/h5,9H,2,4,6-8H2,1,3H3. The molecule has 0 N–H and O–H groups in total. The van der Waals surface area contributed by atoms with Gasteiger partial charge in [-0.1, -0.05) is 19.4 Å². The van der Waals surface area contributed by atoms with E-state index >= 15 is 0 Å². The highest BCUT2D eigenvalue weighted by Gasteiger charge is 1.96. The van der Waals surface area contributed by atoms with Gasteiger partial charge in [-0.25, -0.2) is 0 Å². The van der Waals surface area contributed by atoms with Crippen molar-refractivity contribution in [2.75, 3.05) is 6.61 Å². The third-order valence-corrected chi connectivity index (χ3v) is 1.40. The third-order valence-electron chi connectivity index (χ3n) is 1.40. The summed E-state index contributed by atoms with van der Waals surface area (Å²) in [7, 11) is 0. The molecule has 0 saturated heterocycles. The normalized spacial score (nSPS) is 13.0. The molecule has 0 spiro atoms. The van der Waals surface area contributed by atoms with Crippen molar-refractivity contribution in [2.24, 2.45) is 0 Å². The molecule has 60 valence electrons. The van der Waals surface area contributed by atoms with Gasteiger partial charge in [0.25, 0.3) is 0 Å². The van der Waals surface area contributed by atoms with Crippen LogP contribution in [0.1, 0.15) is 33.1 Å². The molecule has 1 heteroatoms. The highest BCUT2D eigenvalue weighted by atomic mass is 16.5. The Morgan fingerprint density at radius 2 is 2.30 bits per heavy atom. The smallest absolute Gasteiger partial charge is 0.0581 e. The molecule has 10 heavy (non-hydrogen) atoms. The van der Waals surface area contributed by atoms with Crippen LogP contribution >= 0.6 is 0 Å². The van der Waals surface area contributed by atoms with Crippen molar-refractivity contribution in [1.29, 1.82) is 0 Å². The number of hydrogen-bond acceptors (Lipinski definition) is 1. The zero-order valence-electron chi connectivity index (χ0n) is 7.10. The van der Waals surface area contributed by atoms with Gasteiger partial charge in [-0.3, -0.25) is 0 Å². The fourth-order valence-electron chi connectivity index (χ4n) is 0.732. The van der Waals surface area contributed by atoms with E-state index in [4.69, 9.17) is 4.74 Å². The average Bonchev–Trinajstić information content (AvgIpc) is 1.89. The Bertz CT molecular complexity index is 78.8. The van der Waals surface area contributed by atoms with E-state index in [2.05, 4.69) is 20.4 Å². The first kappa shape index (κ1) is 9.70. The van der Waals surface area contributed by atoms with Crippen molar-refractivity contribution < 1.29 is 4.74 Å². The summed E-state index contributed by atoms with van der Waals surface area (Å²) in [6.45, 7) is 8.79. The fourth-order valence-corrected chi connectivity index (χ4v) is 0.732. The summed E-state index contributed by atoms with van der Waals surface area (Å²) in [6.07, 6.45) is 5.59. The quantitative estimate of drug-likeness (QED) is 0.409. The van der Waals surface area contributed by atoms with E-state index in [0.717, 1.165) is 13.0 Å². The Morgan fingerprint density at radius 3 is 2.80 bits per heavy atom. The predicted octanol–water partition coefficient (Wildman–Crippen LogP) is 2.77.